The van der Waals surface area contributed by atoms with Gasteiger partial charge >= 0.3 is 0 Å². The van der Waals surface area contributed by atoms with Crippen LogP contribution in [0.5, 0.6) is 5.75 Å². The molecular formula is C47H49N3OSi. The van der Waals surface area contributed by atoms with E-state index >= 15 is 0 Å². The number of imidazole rings is 1. The van der Waals surface area contributed by atoms with E-state index in [1.807, 2.05) is 36.4 Å². The third-order valence-corrected chi connectivity index (χ3v) is 12.0. The Morgan fingerprint density at radius 3 is 1.79 bits per heavy atom. The van der Waals surface area contributed by atoms with Gasteiger partial charge < -0.3 is 5.11 Å². The number of benzene rings is 5. The lowest BCUT2D eigenvalue weighted by Gasteiger charge is -2.26. The number of para-hydroxylation sites is 3. The van der Waals surface area contributed by atoms with E-state index in [9.17, 15) is 5.11 Å². The number of aromatic nitrogens is 3. The zero-order valence-electron chi connectivity index (χ0n) is 31.9. The average Bonchev–Trinajstić information content (AvgIpc) is 3.50. The van der Waals surface area contributed by atoms with E-state index in [-0.39, 0.29) is 16.6 Å². The van der Waals surface area contributed by atoms with Crippen molar-refractivity contribution >= 4 is 24.3 Å². The van der Waals surface area contributed by atoms with Crippen molar-refractivity contribution < 1.29 is 5.11 Å². The van der Waals surface area contributed by atoms with Gasteiger partial charge in [0.05, 0.1) is 30.4 Å². The molecule has 7 aromatic rings. The Kier molecular flexibility index (Phi) is 8.83. The zero-order chi connectivity index (χ0) is 37.0. The van der Waals surface area contributed by atoms with E-state index in [1.54, 1.807) is 6.07 Å². The molecule has 5 heteroatoms. The normalized spacial score (nSPS) is 12.4. The Balaban J connectivity index is 1.52. The lowest BCUT2D eigenvalue weighted by molar-refractivity contribution is 0.477. The van der Waals surface area contributed by atoms with E-state index in [2.05, 4.69) is 151 Å². The highest BCUT2D eigenvalue weighted by Gasteiger charge is 2.24. The SMILES string of the molecule is CC(C)(C)c1cc(-c2cc(-c3ccc([Si](C)(C)C)cn3)cc(-c3cccc4c3nc(-c3ccccc3O)n4-c3ccccc3)c2)cc(C(C)(C)C)c1. The molecule has 262 valence electrons. The Morgan fingerprint density at radius 2 is 1.17 bits per heavy atom. The molecule has 0 aliphatic rings. The molecule has 4 nitrogen and oxygen atoms in total. The van der Waals surface area contributed by atoms with Crippen LogP contribution in [0.15, 0.2) is 128 Å². The first-order chi connectivity index (χ1) is 24.6. The molecule has 2 heterocycles. The second-order valence-corrected chi connectivity index (χ2v) is 22.2. The van der Waals surface area contributed by atoms with Crippen molar-refractivity contribution in [3.05, 3.63) is 139 Å². The maximum atomic E-state index is 11.0. The number of phenols is 1. The minimum absolute atomic E-state index is 0.0139. The standard InChI is InChI=1S/C47H49N3OSi/c1-46(2,3)35-27-32(28-36(29-35)47(4,5)6)31-24-33(26-34(25-31)41-23-22-38(30-48-41)52(7,8)9)39-19-15-20-42-44(39)49-45(40-18-13-14-21-43(40)51)50(42)37-16-11-10-12-17-37/h10-30,51H,1-9H3. The van der Waals surface area contributed by atoms with Crippen molar-refractivity contribution in [3.63, 3.8) is 0 Å². The van der Waals surface area contributed by atoms with Crippen molar-refractivity contribution in [3.8, 4) is 56.3 Å². The maximum absolute atomic E-state index is 11.0. The van der Waals surface area contributed by atoms with Crippen LogP contribution >= 0.6 is 0 Å². The summed E-state index contributed by atoms with van der Waals surface area (Å²) in [5.41, 5.74) is 12.5. The zero-order valence-corrected chi connectivity index (χ0v) is 32.9. The molecule has 2 aromatic heterocycles. The van der Waals surface area contributed by atoms with Crippen molar-refractivity contribution in [2.45, 2.75) is 72.0 Å². The molecule has 0 saturated carbocycles. The monoisotopic (exact) mass is 699 g/mol. The summed E-state index contributed by atoms with van der Waals surface area (Å²) in [6, 6.07) is 42.5. The Labute approximate surface area is 309 Å². The van der Waals surface area contributed by atoms with Gasteiger partial charge in [-0.3, -0.25) is 9.55 Å². The van der Waals surface area contributed by atoms with Crippen molar-refractivity contribution in [2.24, 2.45) is 0 Å². The number of nitrogens with zero attached hydrogens (tertiary/aromatic N) is 3. The molecule has 0 amide bonds. The summed E-state index contributed by atoms with van der Waals surface area (Å²) in [4.78, 5) is 10.4. The van der Waals surface area contributed by atoms with Crippen LogP contribution in [0.3, 0.4) is 0 Å². The maximum Gasteiger partial charge on any atom is 0.149 e. The van der Waals surface area contributed by atoms with Gasteiger partial charge in [-0.1, -0.05) is 128 Å². The van der Waals surface area contributed by atoms with Crippen molar-refractivity contribution in [1.29, 1.82) is 0 Å². The summed E-state index contributed by atoms with van der Waals surface area (Å²) in [7, 11) is -1.52. The van der Waals surface area contributed by atoms with Gasteiger partial charge in [-0.25, -0.2) is 4.98 Å². The number of hydrogen-bond acceptors (Lipinski definition) is 3. The minimum Gasteiger partial charge on any atom is -0.507 e. The summed E-state index contributed by atoms with van der Waals surface area (Å²) in [5.74, 6) is 0.890. The molecule has 7 rings (SSSR count). The number of pyridine rings is 1. The van der Waals surface area contributed by atoms with Gasteiger partial charge in [-0.05, 0) is 98.4 Å². The Hall–Kier alpha value is -5.26. The minimum atomic E-state index is -1.52. The average molecular weight is 700 g/mol. The number of rotatable bonds is 6. The van der Waals surface area contributed by atoms with Gasteiger partial charge in [-0.2, -0.15) is 0 Å². The second-order valence-electron chi connectivity index (χ2n) is 17.1. The fourth-order valence-electron chi connectivity index (χ4n) is 6.78. The summed E-state index contributed by atoms with van der Waals surface area (Å²) in [5, 5.41) is 12.4. The van der Waals surface area contributed by atoms with Crippen LogP contribution < -0.4 is 5.19 Å². The summed E-state index contributed by atoms with van der Waals surface area (Å²) < 4.78 is 2.15. The van der Waals surface area contributed by atoms with Gasteiger partial charge in [0.1, 0.15) is 11.6 Å². The fraction of sp³-hybridized carbons (Fsp3) is 0.234. The first-order valence-electron chi connectivity index (χ1n) is 18.2. The van der Waals surface area contributed by atoms with Crippen LogP contribution in [0.25, 0.3) is 61.6 Å². The third kappa shape index (κ3) is 6.85. The molecule has 0 saturated heterocycles. The smallest absolute Gasteiger partial charge is 0.149 e. The molecule has 0 fully saturated rings. The molecule has 0 atom stereocenters. The fourth-order valence-corrected chi connectivity index (χ4v) is 7.82. The summed E-state index contributed by atoms with van der Waals surface area (Å²) in [6.07, 6.45) is 2.08. The van der Waals surface area contributed by atoms with E-state index in [4.69, 9.17) is 9.97 Å². The molecule has 0 radical (unpaired) electrons. The van der Waals surface area contributed by atoms with Crippen LogP contribution in [-0.4, -0.2) is 27.7 Å². The van der Waals surface area contributed by atoms with Gasteiger partial charge in [0.25, 0.3) is 0 Å². The second kappa shape index (κ2) is 13.1. The van der Waals surface area contributed by atoms with Crippen molar-refractivity contribution in [1.82, 2.24) is 14.5 Å². The van der Waals surface area contributed by atoms with Gasteiger partial charge in [-0.15, -0.1) is 0 Å². The largest absolute Gasteiger partial charge is 0.507 e. The quantitative estimate of drug-likeness (QED) is 0.176. The van der Waals surface area contributed by atoms with E-state index < -0.39 is 8.07 Å². The number of aromatic hydroxyl groups is 1. The van der Waals surface area contributed by atoms with Crippen LogP contribution in [0.4, 0.5) is 0 Å². The van der Waals surface area contributed by atoms with Crippen LogP contribution in [0.1, 0.15) is 52.7 Å². The highest BCUT2D eigenvalue weighted by Crippen LogP contribution is 2.41. The molecule has 0 bridgehead atoms. The van der Waals surface area contributed by atoms with Crippen molar-refractivity contribution in [2.75, 3.05) is 0 Å². The molecule has 5 aromatic carbocycles. The Morgan fingerprint density at radius 1 is 0.577 bits per heavy atom. The Bertz CT molecular complexity index is 2370. The van der Waals surface area contributed by atoms with E-state index in [0.717, 1.165) is 44.7 Å². The topological polar surface area (TPSA) is 50.9 Å². The predicted octanol–water partition coefficient (Wildman–Crippen LogP) is 11.9. The lowest BCUT2D eigenvalue weighted by atomic mass is 9.78. The van der Waals surface area contributed by atoms with Crippen LogP contribution in [0, 0.1) is 0 Å². The van der Waals surface area contributed by atoms with Gasteiger partial charge in [0.15, 0.2) is 0 Å². The molecular weight excluding hydrogens is 651 g/mol. The van der Waals surface area contributed by atoms with Gasteiger partial charge in [0.2, 0.25) is 0 Å². The van der Waals surface area contributed by atoms with E-state index in [0.29, 0.717) is 11.4 Å². The molecule has 0 aliphatic carbocycles. The summed E-state index contributed by atoms with van der Waals surface area (Å²) in [6.45, 7) is 20.8. The first kappa shape index (κ1) is 35.2. The number of hydrogen-bond donors (Lipinski definition) is 1. The highest BCUT2D eigenvalue weighted by molar-refractivity contribution is 6.88. The molecule has 1 N–H and O–H groups in total. The highest BCUT2D eigenvalue weighted by atomic mass is 28.3. The van der Waals surface area contributed by atoms with Crippen LogP contribution in [-0.2, 0) is 10.8 Å². The first-order valence-corrected chi connectivity index (χ1v) is 21.7. The number of fused-ring (bicyclic) bond motifs is 1. The molecule has 0 aliphatic heterocycles. The van der Waals surface area contributed by atoms with Gasteiger partial charge in [0, 0.05) is 23.0 Å². The third-order valence-electron chi connectivity index (χ3n) is 10.0. The molecule has 52 heavy (non-hydrogen) atoms. The lowest BCUT2D eigenvalue weighted by Crippen LogP contribution is -2.37. The molecule has 0 spiro atoms. The molecule has 0 unspecified atom stereocenters. The summed E-state index contributed by atoms with van der Waals surface area (Å²) >= 11 is 0. The predicted molar refractivity (Wildman–Crippen MR) is 223 cm³/mol. The van der Waals surface area contributed by atoms with Crippen LogP contribution in [0.2, 0.25) is 19.6 Å². The van der Waals surface area contributed by atoms with E-state index in [1.165, 1.54) is 21.9 Å². The number of phenolic OH excluding ortho intramolecular Hbond substituents is 1.